The van der Waals surface area contributed by atoms with Gasteiger partial charge in [0.2, 0.25) is 5.95 Å². The van der Waals surface area contributed by atoms with E-state index in [1.54, 1.807) is 18.2 Å². The third-order valence-corrected chi connectivity index (χ3v) is 3.03. The van der Waals surface area contributed by atoms with Gasteiger partial charge in [0.1, 0.15) is 17.3 Å². The van der Waals surface area contributed by atoms with Crippen molar-refractivity contribution < 1.29 is 5.11 Å². The number of phenols is 1. The van der Waals surface area contributed by atoms with E-state index in [4.69, 9.17) is 5.26 Å². The van der Waals surface area contributed by atoms with Crippen LogP contribution in [0, 0.1) is 11.3 Å². The molecule has 3 aromatic rings. The van der Waals surface area contributed by atoms with E-state index in [9.17, 15) is 5.11 Å². The summed E-state index contributed by atoms with van der Waals surface area (Å²) in [6, 6.07) is 14.5. The number of nitrogens with one attached hydrogen (secondary N) is 2. The number of nitrogens with zero attached hydrogens (tertiary/aromatic N) is 2. The fourth-order valence-electron chi connectivity index (χ4n) is 2.01. The number of aromatic nitrogens is 2. The summed E-state index contributed by atoms with van der Waals surface area (Å²) >= 11 is 0. The molecule has 5 nitrogen and oxygen atoms in total. The van der Waals surface area contributed by atoms with Gasteiger partial charge < -0.3 is 15.4 Å². The number of H-pyrrole nitrogens is 1. The van der Waals surface area contributed by atoms with Crippen LogP contribution in [0.4, 0.5) is 5.95 Å². The molecule has 0 radical (unpaired) electrons. The molecule has 3 N–H and O–H groups in total. The normalized spacial score (nSPS) is 10.3. The van der Waals surface area contributed by atoms with Crippen molar-refractivity contribution in [3.05, 3.63) is 53.6 Å². The molecule has 0 atom stereocenters. The summed E-state index contributed by atoms with van der Waals surface area (Å²) < 4.78 is 0. The zero-order chi connectivity index (χ0) is 13.9. The monoisotopic (exact) mass is 264 g/mol. The molecule has 0 aliphatic carbocycles. The second-order valence-electron chi connectivity index (χ2n) is 4.42. The Labute approximate surface area is 115 Å². The molecule has 0 aliphatic rings. The van der Waals surface area contributed by atoms with Gasteiger partial charge >= 0.3 is 0 Å². The van der Waals surface area contributed by atoms with Crippen LogP contribution in [0.1, 0.15) is 11.1 Å². The molecule has 0 unspecified atom stereocenters. The average molecular weight is 264 g/mol. The summed E-state index contributed by atoms with van der Waals surface area (Å²) in [7, 11) is 0. The fourth-order valence-corrected chi connectivity index (χ4v) is 2.01. The van der Waals surface area contributed by atoms with Crippen molar-refractivity contribution in [3.8, 4) is 11.8 Å². The van der Waals surface area contributed by atoms with Gasteiger partial charge in [-0.1, -0.05) is 18.2 Å². The van der Waals surface area contributed by atoms with Crippen LogP contribution in [0.2, 0.25) is 0 Å². The van der Waals surface area contributed by atoms with Crippen LogP contribution in [0.5, 0.6) is 5.75 Å². The van der Waals surface area contributed by atoms with Crippen molar-refractivity contribution in [2.24, 2.45) is 0 Å². The minimum atomic E-state index is 0.246. The van der Waals surface area contributed by atoms with Crippen LogP contribution in [0.25, 0.3) is 11.0 Å². The smallest absolute Gasteiger partial charge is 0.201 e. The largest absolute Gasteiger partial charge is 0.508 e. The molecule has 0 spiro atoms. The molecule has 1 aromatic heterocycles. The third-order valence-electron chi connectivity index (χ3n) is 3.03. The van der Waals surface area contributed by atoms with Crippen LogP contribution in [0.15, 0.2) is 42.5 Å². The minimum absolute atomic E-state index is 0.246. The van der Waals surface area contributed by atoms with Gasteiger partial charge in [0.05, 0.1) is 11.1 Å². The predicted molar refractivity (Wildman–Crippen MR) is 76.2 cm³/mol. The molecule has 5 heteroatoms. The third kappa shape index (κ3) is 2.27. The molecule has 0 saturated heterocycles. The van der Waals surface area contributed by atoms with Crippen molar-refractivity contribution in [1.29, 1.82) is 5.26 Å². The van der Waals surface area contributed by atoms with Gasteiger partial charge in [-0.15, -0.1) is 0 Å². The molecule has 1 heterocycles. The fraction of sp³-hybridized carbons (Fsp3) is 0.0667. The second kappa shape index (κ2) is 4.94. The highest BCUT2D eigenvalue weighted by Gasteiger charge is 2.06. The number of phenolic OH excluding ortho intramolecular Hbond substituents is 1. The number of para-hydroxylation sites is 1. The number of anilines is 1. The summed E-state index contributed by atoms with van der Waals surface area (Å²) in [6.07, 6.45) is 0. The second-order valence-corrected chi connectivity index (χ2v) is 4.42. The van der Waals surface area contributed by atoms with E-state index in [1.807, 2.05) is 24.3 Å². The molecule has 3 rings (SSSR count). The summed E-state index contributed by atoms with van der Waals surface area (Å²) in [4.78, 5) is 7.51. The maximum Gasteiger partial charge on any atom is 0.201 e. The van der Waals surface area contributed by atoms with Gasteiger partial charge in [-0.2, -0.15) is 5.26 Å². The maximum absolute atomic E-state index is 9.23. The topological polar surface area (TPSA) is 84.7 Å². The first-order valence-electron chi connectivity index (χ1n) is 6.17. The Hall–Kier alpha value is -3.00. The van der Waals surface area contributed by atoms with Crippen molar-refractivity contribution in [2.75, 3.05) is 5.32 Å². The standard InChI is InChI=1S/C15H12N4O/c16-8-11-2-1-3-13-14(11)19-15(18-13)17-9-10-4-6-12(20)7-5-10/h1-7,20H,9H2,(H2,17,18,19). The van der Waals surface area contributed by atoms with Crippen LogP contribution in [0.3, 0.4) is 0 Å². The summed E-state index contributed by atoms with van der Waals surface area (Å²) in [5.74, 6) is 0.868. The minimum Gasteiger partial charge on any atom is -0.508 e. The molecule has 0 bridgehead atoms. The Morgan fingerprint density at radius 1 is 1.20 bits per heavy atom. The molecule has 0 fully saturated rings. The first-order chi connectivity index (χ1) is 9.76. The van der Waals surface area contributed by atoms with Gasteiger partial charge in [0.15, 0.2) is 0 Å². The average Bonchev–Trinajstić information content (AvgIpc) is 2.89. The number of fused-ring (bicyclic) bond motifs is 1. The summed E-state index contributed by atoms with van der Waals surface area (Å²) in [6.45, 7) is 0.585. The quantitative estimate of drug-likeness (QED) is 0.679. The molecule has 2 aromatic carbocycles. The summed E-state index contributed by atoms with van der Waals surface area (Å²) in [5.41, 5.74) is 3.08. The highest BCUT2D eigenvalue weighted by atomic mass is 16.3. The number of rotatable bonds is 3. The van der Waals surface area contributed by atoms with Crippen LogP contribution in [-0.4, -0.2) is 15.1 Å². The van der Waals surface area contributed by atoms with Gasteiger partial charge in [0.25, 0.3) is 0 Å². The van der Waals surface area contributed by atoms with Crippen molar-refractivity contribution in [2.45, 2.75) is 6.54 Å². The van der Waals surface area contributed by atoms with E-state index in [0.717, 1.165) is 11.1 Å². The number of aromatic hydroxyl groups is 1. The lowest BCUT2D eigenvalue weighted by molar-refractivity contribution is 0.475. The van der Waals surface area contributed by atoms with Gasteiger partial charge in [-0.05, 0) is 29.8 Å². The Morgan fingerprint density at radius 3 is 2.75 bits per heavy atom. The molecular weight excluding hydrogens is 252 g/mol. The first-order valence-corrected chi connectivity index (χ1v) is 6.17. The maximum atomic E-state index is 9.23. The lowest BCUT2D eigenvalue weighted by Crippen LogP contribution is -2.00. The molecule has 20 heavy (non-hydrogen) atoms. The predicted octanol–water partition coefficient (Wildman–Crippen LogP) is 2.75. The highest BCUT2D eigenvalue weighted by Crippen LogP contribution is 2.18. The zero-order valence-corrected chi connectivity index (χ0v) is 10.6. The molecule has 98 valence electrons. The van der Waals surface area contributed by atoms with E-state index in [0.29, 0.717) is 23.6 Å². The molecular formula is C15H12N4O. The zero-order valence-electron chi connectivity index (χ0n) is 10.6. The lowest BCUT2D eigenvalue weighted by Gasteiger charge is -2.02. The number of hydrogen-bond acceptors (Lipinski definition) is 4. The first kappa shape index (κ1) is 12.1. The van der Waals surface area contributed by atoms with Crippen molar-refractivity contribution in [1.82, 2.24) is 9.97 Å². The van der Waals surface area contributed by atoms with Crippen LogP contribution < -0.4 is 5.32 Å². The van der Waals surface area contributed by atoms with E-state index in [1.165, 1.54) is 0 Å². The molecule has 0 saturated carbocycles. The number of imidazole rings is 1. The summed E-state index contributed by atoms with van der Waals surface area (Å²) in [5, 5.41) is 21.4. The van der Waals surface area contributed by atoms with Crippen molar-refractivity contribution >= 4 is 17.0 Å². The Kier molecular flexibility index (Phi) is 2.98. The van der Waals surface area contributed by atoms with E-state index < -0.39 is 0 Å². The van der Waals surface area contributed by atoms with Crippen molar-refractivity contribution in [3.63, 3.8) is 0 Å². The molecule has 0 amide bonds. The van der Waals surface area contributed by atoms with E-state index >= 15 is 0 Å². The Balaban J connectivity index is 1.81. The number of aromatic amines is 1. The van der Waals surface area contributed by atoms with Gasteiger partial charge in [-0.25, -0.2) is 4.98 Å². The van der Waals surface area contributed by atoms with Crippen LogP contribution >= 0.6 is 0 Å². The lowest BCUT2D eigenvalue weighted by atomic mass is 10.2. The number of benzene rings is 2. The van der Waals surface area contributed by atoms with Gasteiger partial charge in [0, 0.05) is 6.54 Å². The van der Waals surface area contributed by atoms with Crippen LogP contribution in [-0.2, 0) is 6.54 Å². The number of nitriles is 1. The Bertz CT molecular complexity index is 784. The highest BCUT2D eigenvalue weighted by molar-refractivity contribution is 5.83. The SMILES string of the molecule is N#Cc1cccc2[nH]c(NCc3ccc(O)cc3)nc12. The Morgan fingerprint density at radius 2 is 2.00 bits per heavy atom. The van der Waals surface area contributed by atoms with E-state index in [2.05, 4.69) is 21.4 Å². The molecule has 0 aliphatic heterocycles. The number of hydrogen-bond donors (Lipinski definition) is 3. The van der Waals surface area contributed by atoms with Gasteiger partial charge in [-0.3, -0.25) is 0 Å². The van der Waals surface area contributed by atoms with E-state index in [-0.39, 0.29) is 5.75 Å².